The lowest BCUT2D eigenvalue weighted by molar-refractivity contribution is -0.143. The van der Waals surface area contributed by atoms with E-state index in [1.165, 1.54) is 29.2 Å². The smallest absolute Gasteiger partial charge is 0.246 e. The summed E-state index contributed by atoms with van der Waals surface area (Å²) in [7, 11) is 1.55. The summed E-state index contributed by atoms with van der Waals surface area (Å²) >= 11 is 1.62. The van der Waals surface area contributed by atoms with Crippen molar-refractivity contribution in [1.29, 1.82) is 0 Å². The van der Waals surface area contributed by atoms with Crippen LogP contribution in [0.15, 0.2) is 24.3 Å². The molecule has 1 aromatic rings. The molecule has 0 unspecified atom stereocenters. The number of nitrogens with one attached hydrogen (secondary N) is 1. The van der Waals surface area contributed by atoms with E-state index in [-0.39, 0.29) is 35.0 Å². The summed E-state index contributed by atoms with van der Waals surface area (Å²) in [6, 6.07) is 4.89. The lowest BCUT2D eigenvalue weighted by Gasteiger charge is -2.31. The molecular formula is C17H20FN3O3S. The fourth-order valence-electron chi connectivity index (χ4n) is 3.28. The number of likely N-dealkylation sites (N-methyl/N-ethyl adjacent to an activating group) is 1. The number of nitrogens with zero attached hydrogens (tertiary/aromatic N) is 2. The van der Waals surface area contributed by atoms with Gasteiger partial charge in [-0.3, -0.25) is 14.4 Å². The molecule has 1 aromatic carbocycles. The number of rotatable bonds is 4. The number of anilines is 1. The van der Waals surface area contributed by atoms with Crippen molar-refractivity contribution < 1.29 is 18.8 Å². The SMILES string of the molecule is CN(CC(=O)Nc1ccc(F)cc1)C(=O)[C@H]1CS[C@]2(C)CCC(=O)N12. The van der Waals surface area contributed by atoms with Gasteiger partial charge in [-0.1, -0.05) is 0 Å². The second-order valence-corrected chi connectivity index (χ2v) is 8.02. The van der Waals surface area contributed by atoms with Gasteiger partial charge in [-0.25, -0.2) is 4.39 Å². The molecule has 2 atom stereocenters. The van der Waals surface area contributed by atoms with Crippen molar-refractivity contribution in [2.75, 3.05) is 24.7 Å². The van der Waals surface area contributed by atoms with Crippen LogP contribution in [-0.4, -0.2) is 57.8 Å². The number of hydrogen-bond acceptors (Lipinski definition) is 4. The maximum absolute atomic E-state index is 12.9. The highest BCUT2D eigenvalue weighted by atomic mass is 32.2. The minimum Gasteiger partial charge on any atom is -0.335 e. The topological polar surface area (TPSA) is 69.7 Å². The molecule has 0 radical (unpaired) electrons. The van der Waals surface area contributed by atoms with Gasteiger partial charge >= 0.3 is 0 Å². The molecule has 1 N–H and O–H groups in total. The highest BCUT2D eigenvalue weighted by Crippen LogP contribution is 2.47. The number of benzene rings is 1. The number of thioether (sulfide) groups is 1. The van der Waals surface area contributed by atoms with Crippen molar-refractivity contribution in [3.8, 4) is 0 Å². The first-order valence-corrected chi connectivity index (χ1v) is 9.05. The number of carbonyl (C=O) groups excluding carboxylic acids is 3. The Morgan fingerprint density at radius 2 is 2.08 bits per heavy atom. The van der Waals surface area contributed by atoms with Gasteiger partial charge in [0.05, 0.1) is 11.4 Å². The van der Waals surface area contributed by atoms with E-state index in [2.05, 4.69) is 5.32 Å². The Kier molecular flexibility index (Phi) is 4.73. The molecular weight excluding hydrogens is 345 g/mol. The third-order valence-corrected chi connectivity index (χ3v) is 6.12. The van der Waals surface area contributed by atoms with Gasteiger partial charge in [-0.05, 0) is 37.6 Å². The van der Waals surface area contributed by atoms with Crippen LogP contribution in [-0.2, 0) is 14.4 Å². The molecule has 0 aliphatic carbocycles. The lowest BCUT2D eigenvalue weighted by Crippen LogP contribution is -2.51. The number of hydrogen-bond donors (Lipinski definition) is 1. The van der Waals surface area contributed by atoms with E-state index in [0.717, 1.165) is 6.42 Å². The minimum absolute atomic E-state index is 0.00462. The van der Waals surface area contributed by atoms with E-state index in [4.69, 9.17) is 0 Å². The standard InChI is InChI=1S/C17H20FN3O3S/c1-17-8-7-15(23)21(17)13(10-25-17)16(24)20(2)9-14(22)19-12-5-3-11(18)4-6-12/h3-6,13H,7-10H2,1-2H3,(H,19,22)/t13-,17-/m1/s1. The molecule has 0 aromatic heterocycles. The van der Waals surface area contributed by atoms with Crippen LogP contribution in [0.25, 0.3) is 0 Å². The van der Waals surface area contributed by atoms with E-state index < -0.39 is 6.04 Å². The van der Waals surface area contributed by atoms with E-state index in [1.807, 2.05) is 6.92 Å². The van der Waals surface area contributed by atoms with Crippen LogP contribution in [0.4, 0.5) is 10.1 Å². The Bertz CT molecular complexity index is 712. The van der Waals surface area contributed by atoms with E-state index in [9.17, 15) is 18.8 Å². The lowest BCUT2D eigenvalue weighted by atomic mass is 10.2. The van der Waals surface area contributed by atoms with Crippen LogP contribution in [0.2, 0.25) is 0 Å². The average molecular weight is 365 g/mol. The number of carbonyl (C=O) groups is 3. The molecule has 134 valence electrons. The van der Waals surface area contributed by atoms with Crippen LogP contribution >= 0.6 is 11.8 Å². The molecule has 2 saturated heterocycles. The molecule has 3 amide bonds. The zero-order valence-corrected chi connectivity index (χ0v) is 14.9. The molecule has 2 aliphatic heterocycles. The van der Waals surface area contributed by atoms with Crippen LogP contribution < -0.4 is 5.32 Å². The Morgan fingerprint density at radius 3 is 2.76 bits per heavy atom. The fraction of sp³-hybridized carbons (Fsp3) is 0.471. The second-order valence-electron chi connectivity index (χ2n) is 6.51. The normalized spacial score (nSPS) is 25.0. The molecule has 0 saturated carbocycles. The van der Waals surface area contributed by atoms with E-state index >= 15 is 0 Å². The second kappa shape index (κ2) is 6.67. The van der Waals surface area contributed by atoms with Gasteiger partial charge in [-0.2, -0.15) is 0 Å². The zero-order valence-electron chi connectivity index (χ0n) is 14.1. The highest BCUT2D eigenvalue weighted by molar-refractivity contribution is 8.01. The summed E-state index contributed by atoms with van der Waals surface area (Å²) in [5.41, 5.74) is 0.464. The number of amides is 3. The number of halogens is 1. The minimum atomic E-state index is -0.520. The molecule has 6 nitrogen and oxygen atoms in total. The third kappa shape index (κ3) is 3.49. The van der Waals surface area contributed by atoms with E-state index in [0.29, 0.717) is 17.9 Å². The summed E-state index contributed by atoms with van der Waals surface area (Å²) < 4.78 is 12.9. The third-order valence-electron chi connectivity index (χ3n) is 4.61. The van der Waals surface area contributed by atoms with Gasteiger partial charge in [0.15, 0.2) is 0 Å². The first-order chi connectivity index (χ1) is 11.8. The van der Waals surface area contributed by atoms with Crippen molar-refractivity contribution in [1.82, 2.24) is 9.80 Å². The van der Waals surface area contributed by atoms with Crippen LogP contribution in [0.5, 0.6) is 0 Å². The number of fused-ring (bicyclic) bond motifs is 1. The first-order valence-electron chi connectivity index (χ1n) is 8.07. The molecule has 8 heteroatoms. The summed E-state index contributed by atoms with van der Waals surface area (Å²) in [4.78, 5) is 39.6. The molecule has 0 bridgehead atoms. The predicted molar refractivity (Wildman–Crippen MR) is 93.4 cm³/mol. The van der Waals surface area contributed by atoms with Crippen LogP contribution in [0.3, 0.4) is 0 Å². The fourth-order valence-corrected chi connectivity index (χ4v) is 4.71. The van der Waals surface area contributed by atoms with Gasteiger partial charge in [-0.15, -0.1) is 11.8 Å². The van der Waals surface area contributed by atoms with Gasteiger partial charge in [0.25, 0.3) is 0 Å². The maximum Gasteiger partial charge on any atom is 0.246 e. The molecule has 2 fully saturated rings. The van der Waals surface area contributed by atoms with Crippen molar-refractivity contribution >= 4 is 35.2 Å². The monoisotopic (exact) mass is 365 g/mol. The van der Waals surface area contributed by atoms with Gasteiger partial charge in [0, 0.05) is 24.9 Å². The Balaban J connectivity index is 1.60. The quantitative estimate of drug-likeness (QED) is 0.881. The largest absolute Gasteiger partial charge is 0.335 e. The highest BCUT2D eigenvalue weighted by Gasteiger charge is 2.53. The van der Waals surface area contributed by atoms with Gasteiger partial charge in [0.1, 0.15) is 11.9 Å². The zero-order chi connectivity index (χ0) is 18.2. The van der Waals surface area contributed by atoms with E-state index in [1.54, 1.807) is 23.7 Å². The summed E-state index contributed by atoms with van der Waals surface area (Å²) in [5, 5.41) is 2.62. The summed E-state index contributed by atoms with van der Waals surface area (Å²) in [6.07, 6.45) is 1.21. The van der Waals surface area contributed by atoms with Crippen molar-refractivity contribution in [2.45, 2.75) is 30.7 Å². The predicted octanol–water partition coefficient (Wildman–Crippen LogP) is 1.68. The van der Waals surface area contributed by atoms with Gasteiger partial charge < -0.3 is 15.1 Å². The molecule has 2 aliphatic rings. The Morgan fingerprint density at radius 1 is 1.40 bits per heavy atom. The molecule has 2 heterocycles. The summed E-state index contributed by atoms with van der Waals surface area (Å²) in [6.45, 7) is 1.85. The summed E-state index contributed by atoms with van der Waals surface area (Å²) in [5.74, 6) is -0.452. The Labute approximate surface area is 149 Å². The van der Waals surface area contributed by atoms with Crippen LogP contribution in [0.1, 0.15) is 19.8 Å². The van der Waals surface area contributed by atoms with Crippen molar-refractivity contribution in [2.24, 2.45) is 0 Å². The van der Waals surface area contributed by atoms with Gasteiger partial charge in [0.2, 0.25) is 17.7 Å². The molecule has 3 rings (SSSR count). The Hall–Kier alpha value is -2.09. The van der Waals surface area contributed by atoms with Crippen molar-refractivity contribution in [3.63, 3.8) is 0 Å². The molecule has 25 heavy (non-hydrogen) atoms. The van der Waals surface area contributed by atoms with Crippen molar-refractivity contribution in [3.05, 3.63) is 30.1 Å². The maximum atomic E-state index is 12.9. The molecule has 0 spiro atoms. The van der Waals surface area contributed by atoms with Crippen LogP contribution in [0, 0.1) is 5.82 Å². The first kappa shape index (κ1) is 17.7. The average Bonchev–Trinajstić information content (AvgIpc) is 3.05.